The Morgan fingerprint density at radius 1 is 0.350 bits per heavy atom. The van der Waals surface area contributed by atoms with Crippen molar-refractivity contribution < 1.29 is 0 Å². The van der Waals surface area contributed by atoms with Crippen LogP contribution in [0.1, 0.15) is 25.0 Å². The number of thiophene rings is 1. The highest BCUT2D eigenvalue weighted by atomic mass is 32.1. The van der Waals surface area contributed by atoms with Crippen LogP contribution in [0.3, 0.4) is 0 Å². The number of rotatable bonds is 3. The first-order valence-electron chi connectivity index (χ1n) is 21.0. The van der Waals surface area contributed by atoms with Crippen molar-refractivity contribution in [2.45, 2.75) is 19.3 Å². The molecule has 280 valence electrons. The molecule has 1 heteroatoms. The van der Waals surface area contributed by atoms with Crippen LogP contribution in [0.5, 0.6) is 0 Å². The van der Waals surface area contributed by atoms with Gasteiger partial charge in [0, 0.05) is 25.6 Å². The molecule has 13 rings (SSSR count). The molecule has 0 radical (unpaired) electrons. The van der Waals surface area contributed by atoms with Gasteiger partial charge in [0.05, 0.1) is 0 Å². The fourth-order valence-corrected chi connectivity index (χ4v) is 12.3. The van der Waals surface area contributed by atoms with Gasteiger partial charge in [0.1, 0.15) is 0 Å². The minimum atomic E-state index is -0.0527. The monoisotopic (exact) mass is 778 g/mol. The first kappa shape index (κ1) is 33.9. The van der Waals surface area contributed by atoms with Gasteiger partial charge in [0.2, 0.25) is 0 Å². The molecule has 1 aromatic heterocycles. The van der Waals surface area contributed by atoms with Gasteiger partial charge in [-0.1, -0.05) is 196 Å². The molecule has 1 aliphatic rings. The lowest BCUT2D eigenvalue weighted by atomic mass is 9.80. The summed E-state index contributed by atoms with van der Waals surface area (Å²) < 4.78 is 2.74. The van der Waals surface area contributed by atoms with E-state index >= 15 is 0 Å². The lowest BCUT2D eigenvalue weighted by molar-refractivity contribution is 0.667. The highest BCUT2D eigenvalue weighted by Gasteiger charge is 2.37. The number of hydrogen-bond acceptors (Lipinski definition) is 1. The quantitative estimate of drug-likeness (QED) is 0.157. The zero-order chi connectivity index (χ0) is 39.7. The van der Waals surface area contributed by atoms with Crippen molar-refractivity contribution >= 4 is 85.4 Å². The molecule has 1 heterocycles. The molecule has 0 nitrogen and oxygen atoms in total. The number of fused-ring (bicyclic) bond motifs is 13. The summed E-state index contributed by atoms with van der Waals surface area (Å²) in [5.41, 5.74) is 13.2. The van der Waals surface area contributed by atoms with Gasteiger partial charge in [0.15, 0.2) is 0 Å². The average molecular weight is 779 g/mol. The van der Waals surface area contributed by atoms with Gasteiger partial charge in [-0.3, -0.25) is 0 Å². The van der Waals surface area contributed by atoms with E-state index in [2.05, 4.69) is 208 Å². The molecule has 11 aromatic carbocycles. The van der Waals surface area contributed by atoms with Crippen LogP contribution in [0.25, 0.3) is 119 Å². The third kappa shape index (κ3) is 4.61. The van der Waals surface area contributed by atoms with Gasteiger partial charge in [-0.05, 0) is 122 Å². The molecule has 0 saturated carbocycles. The Kier molecular flexibility index (Phi) is 7.04. The summed E-state index contributed by atoms with van der Waals surface area (Å²) >= 11 is 1.94. The Bertz CT molecular complexity index is 3740. The van der Waals surface area contributed by atoms with Gasteiger partial charge < -0.3 is 0 Å². The minimum Gasteiger partial charge on any atom is -0.135 e. The normalized spacial score (nSPS) is 13.3. The molecule has 0 unspecified atom stereocenters. The molecule has 1 aliphatic carbocycles. The molecule has 0 N–H and O–H groups in total. The zero-order valence-corrected chi connectivity index (χ0v) is 34.2. The minimum absolute atomic E-state index is 0.0527. The largest absolute Gasteiger partial charge is 0.135 e. The average Bonchev–Trinajstić information content (AvgIpc) is 3.79. The summed E-state index contributed by atoms with van der Waals surface area (Å²) in [7, 11) is 0. The molecule has 0 saturated heterocycles. The summed E-state index contributed by atoms with van der Waals surface area (Å²) in [6, 6.07) is 72.8. The Morgan fingerprint density at radius 3 is 1.62 bits per heavy atom. The summed E-state index contributed by atoms with van der Waals surface area (Å²) in [5.74, 6) is 0. The molecule has 0 aliphatic heterocycles. The van der Waals surface area contributed by atoms with Crippen LogP contribution in [0.4, 0.5) is 0 Å². The van der Waals surface area contributed by atoms with Gasteiger partial charge in [-0.15, -0.1) is 11.3 Å². The highest BCUT2D eigenvalue weighted by molar-refractivity contribution is 7.26. The van der Waals surface area contributed by atoms with E-state index in [0.717, 1.165) is 0 Å². The van der Waals surface area contributed by atoms with E-state index in [-0.39, 0.29) is 5.41 Å². The van der Waals surface area contributed by atoms with Crippen molar-refractivity contribution in [3.05, 3.63) is 205 Å². The fraction of sp³-hybridized carbons (Fsp3) is 0.0508. The van der Waals surface area contributed by atoms with Gasteiger partial charge in [-0.2, -0.15) is 0 Å². The number of hydrogen-bond donors (Lipinski definition) is 0. The van der Waals surface area contributed by atoms with Crippen LogP contribution in [0, 0.1) is 0 Å². The van der Waals surface area contributed by atoms with E-state index in [4.69, 9.17) is 0 Å². The lowest BCUT2D eigenvalue weighted by Gasteiger charge is -2.22. The third-order valence-corrected chi connectivity index (χ3v) is 14.8. The second-order valence-corrected chi connectivity index (χ2v) is 18.1. The van der Waals surface area contributed by atoms with Gasteiger partial charge in [0.25, 0.3) is 0 Å². The van der Waals surface area contributed by atoms with Crippen molar-refractivity contribution in [3.8, 4) is 44.5 Å². The maximum absolute atomic E-state index is 2.41. The van der Waals surface area contributed by atoms with Crippen LogP contribution >= 0.6 is 11.3 Å². The number of benzene rings is 11. The molecule has 0 bridgehead atoms. The summed E-state index contributed by atoms with van der Waals surface area (Å²) in [4.78, 5) is 0. The summed E-state index contributed by atoms with van der Waals surface area (Å²) in [5, 5.41) is 15.5. The van der Waals surface area contributed by atoms with Crippen molar-refractivity contribution in [1.29, 1.82) is 0 Å². The van der Waals surface area contributed by atoms with Crippen LogP contribution < -0.4 is 0 Å². The van der Waals surface area contributed by atoms with Crippen LogP contribution in [-0.4, -0.2) is 0 Å². The molecule has 0 fully saturated rings. The predicted molar refractivity (Wildman–Crippen MR) is 261 cm³/mol. The van der Waals surface area contributed by atoms with E-state index in [9.17, 15) is 0 Å². The maximum atomic E-state index is 2.41. The second kappa shape index (κ2) is 12.5. The predicted octanol–water partition coefficient (Wildman–Crippen LogP) is 17.1. The molecular weight excluding hydrogens is 741 g/mol. The Labute approximate surface area is 352 Å². The first-order valence-corrected chi connectivity index (χ1v) is 21.8. The Balaban J connectivity index is 0.996. The van der Waals surface area contributed by atoms with Crippen molar-refractivity contribution in [2.24, 2.45) is 0 Å². The lowest BCUT2D eigenvalue weighted by Crippen LogP contribution is -2.15. The molecule has 60 heavy (non-hydrogen) atoms. The molecule has 0 amide bonds. The molecular formula is C59H38S. The van der Waals surface area contributed by atoms with Crippen LogP contribution in [0.15, 0.2) is 194 Å². The fourth-order valence-electron chi connectivity index (χ4n) is 11.0. The first-order chi connectivity index (χ1) is 29.5. The zero-order valence-electron chi connectivity index (χ0n) is 33.4. The van der Waals surface area contributed by atoms with E-state index in [1.54, 1.807) is 0 Å². The molecule has 0 atom stereocenters. The highest BCUT2D eigenvalue weighted by Crippen LogP contribution is 2.55. The summed E-state index contributed by atoms with van der Waals surface area (Å²) in [6.45, 7) is 4.80. The van der Waals surface area contributed by atoms with Crippen molar-refractivity contribution in [2.75, 3.05) is 0 Å². The third-order valence-electron chi connectivity index (χ3n) is 13.6. The van der Waals surface area contributed by atoms with E-state index in [1.165, 1.54) is 130 Å². The maximum Gasteiger partial charge on any atom is 0.0433 e. The smallest absolute Gasteiger partial charge is 0.0433 e. The van der Waals surface area contributed by atoms with Gasteiger partial charge in [-0.25, -0.2) is 0 Å². The molecule has 0 spiro atoms. The van der Waals surface area contributed by atoms with E-state index < -0.39 is 0 Å². The standard InChI is InChI=1S/C59H38S/c1-59(2)52-25-12-11-19-43(52)50-32-33-53-56(57(50)59)51-29-27-37-34-36(26-28-40(37)58(51)60-53)39-30-31-49(42-18-6-5-17-41(39)42)55-47-22-9-7-20-45(47)54(46-21-8-10-23-48(46)55)44-24-13-15-35-14-3-4-16-38(35)44/h3-34H,1-2H3. The van der Waals surface area contributed by atoms with E-state index in [1.807, 2.05) is 11.3 Å². The second-order valence-electron chi connectivity index (χ2n) is 17.1. The SMILES string of the molecule is CC1(C)c2ccccc2-c2ccc3sc4c5ccc(-c6ccc(-c7c8ccccc8c(-c8cccc9ccccc89)c8ccccc78)c7ccccc67)cc5ccc4c3c21. The summed E-state index contributed by atoms with van der Waals surface area (Å²) in [6.07, 6.45) is 0. The Morgan fingerprint density at radius 2 is 0.883 bits per heavy atom. The topological polar surface area (TPSA) is 0 Å². The molecule has 12 aromatic rings. The van der Waals surface area contributed by atoms with Crippen molar-refractivity contribution in [3.63, 3.8) is 0 Å². The Hall–Kier alpha value is -7.06. The van der Waals surface area contributed by atoms with Crippen molar-refractivity contribution in [1.82, 2.24) is 0 Å². The van der Waals surface area contributed by atoms with E-state index in [0.29, 0.717) is 0 Å². The van der Waals surface area contributed by atoms with Crippen LogP contribution in [-0.2, 0) is 5.41 Å². The van der Waals surface area contributed by atoms with Crippen LogP contribution in [0.2, 0.25) is 0 Å². The van der Waals surface area contributed by atoms with Gasteiger partial charge >= 0.3 is 0 Å².